The van der Waals surface area contributed by atoms with Gasteiger partial charge in [-0.1, -0.05) is 12.1 Å². The molecule has 3 aromatic rings. The predicted molar refractivity (Wildman–Crippen MR) is 104 cm³/mol. The average Bonchev–Trinajstić information content (AvgIpc) is 2.70. The lowest BCUT2D eigenvalue weighted by Crippen LogP contribution is -2.03. The molecule has 0 radical (unpaired) electrons. The summed E-state index contributed by atoms with van der Waals surface area (Å²) in [5.41, 5.74) is 3.96. The summed E-state index contributed by atoms with van der Waals surface area (Å²) in [6.07, 6.45) is 5.19. The minimum absolute atomic E-state index is 0.0203. The first-order valence-corrected chi connectivity index (χ1v) is 8.88. The number of aryl methyl sites for hydroxylation is 4. The summed E-state index contributed by atoms with van der Waals surface area (Å²) in [4.78, 5) is 18.8. The van der Waals surface area contributed by atoms with Gasteiger partial charge in [-0.25, -0.2) is 9.97 Å². The number of nitrogens with zero attached hydrogens (tertiary/aromatic N) is 3. The average molecular weight is 379 g/mol. The summed E-state index contributed by atoms with van der Waals surface area (Å²) in [7, 11) is 0. The monoisotopic (exact) mass is 379 g/mol. The fourth-order valence-electron chi connectivity index (χ4n) is 2.88. The first kappa shape index (κ1) is 19.3. The second-order valence-electron chi connectivity index (χ2n) is 6.63. The Morgan fingerprint density at radius 1 is 1.00 bits per heavy atom. The normalized spacial score (nSPS) is 10.6. The molecule has 0 aliphatic rings. The summed E-state index contributed by atoms with van der Waals surface area (Å²) in [6, 6.07) is 9.88. The lowest BCUT2D eigenvalue weighted by molar-refractivity contribution is -0.384. The lowest BCUT2D eigenvalue weighted by Gasteiger charge is -2.08. The van der Waals surface area contributed by atoms with Crippen LogP contribution in [-0.4, -0.2) is 20.0 Å². The van der Waals surface area contributed by atoms with Gasteiger partial charge < -0.3 is 9.84 Å². The number of aromatic nitrogens is 2. The van der Waals surface area contributed by atoms with Crippen LogP contribution in [0, 0.1) is 24.0 Å². The number of aromatic hydroxyl groups is 1. The van der Waals surface area contributed by atoms with Gasteiger partial charge in [0.2, 0.25) is 0 Å². The first-order valence-electron chi connectivity index (χ1n) is 8.88. The number of nitro benzene ring substituents is 1. The Kier molecular flexibility index (Phi) is 5.84. The van der Waals surface area contributed by atoms with Crippen LogP contribution in [0.15, 0.2) is 48.8 Å². The Morgan fingerprint density at radius 2 is 1.57 bits per heavy atom. The highest BCUT2D eigenvalue weighted by Gasteiger charge is 2.07. The standard InChI is InChI=1S/C21H21N3O4/c1-14-9-16(10-15(2)21(14)25)3-4-17-11-22-20(23-12-17)13-28-19-7-5-18(6-8-19)24(26)27/h5-12,25H,3-4,13H2,1-2H3. The minimum atomic E-state index is -0.452. The number of ether oxygens (including phenoxy) is 1. The van der Waals surface area contributed by atoms with Crippen LogP contribution in [0.3, 0.4) is 0 Å². The van der Waals surface area contributed by atoms with Crippen LogP contribution in [0.5, 0.6) is 11.5 Å². The molecule has 0 spiro atoms. The van der Waals surface area contributed by atoms with E-state index < -0.39 is 4.92 Å². The molecular weight excluding hydrogens is 358 g/mol. The van der Waals surface area contributed by atoms with Crippen molar-refractivity contribution < 1.29 is 14.8 Å². The van der Waals surface area contributed by atoms with Crippen molar-refractivity contribution in [1.82, 2.24) is 9.97 Å². The third-order valence-corrected chi connectivity index (χ3v) is 4.43. The van der Waals surface area contributed by atoms with Crippen LogP contribution in [0.4, 0.5) is 5.69 Å². The largest absolute Gasteiger partial charge is 0.507 e. The highest BCUT2D eigenvalue weighted by Crippen LogP contribution is 2.23. The van der Waals surface area contributed by atoms with Crippen molar-refractivity contribution in [3.05, 3.63) is 87.0 Å². The highest BCUT2D eigenvalue weighted by molar-refractivity contribution is 5.42. The van der Waals surface area contributed by atoms with E-state index in [-0.39, 0.29) is 12.3 Å². The first-order chi connectivity index (χ1) is 13.4. The van der Waals surface area contributed by atoms with Gasteiger partial charge in [0.15, 0.2) is 5.82 Å². The van der Waals surface area contributed by atoms with E-state index in [0.29, 0.717) is 17.3 Å². The molecule has 2 aromatic carbocycles. The maximum Gasteiger partial charge on any atom is 0.269 e. The second-order valence-corrected chi connectivity index (χ2v) is 6.63. The molecule has 1 N–H and O–H groups in total. The minimum Gasteiger partial charge on any atom is -0.507 e. The number of hydrogen-bond donors (Lipinski definition) is 1. The molecular formula is C21H21N3O4. The van der Waals surface area contributed by atoms with E-state index in [4.69, 9.17) is 4.74 Å². The molecule has 0 saturated heterocycles. The molecule has 28 heavy (non-hydrogen) atoms. The number of nitro groups is 1. The van der Waals surface area contributed by atoms with E-state index in [1.165, 1.54) is 17.7 Å². The van der Waals surface area contributed by atoms with Gasteiger partial charge in [0, 0.05) is 24.5 Å². The van der Waals surface area contributed by atoms with E-state index in [1.54, 1.807) is 24.5 Å². The van der Waals surface area contributed by atoms with Crippen molar-refractivity contribution in [3.63, 3.8) is 0 Å². The number of non-ortho nitro benzene ring substituents is 1. The summed E-state index contributed by atoms with van der Waals surface area (Å²) < 4.78 is 5.56. The molecule has 7 nitrogen and oxygen atoms in total. The number of benzene rings is 2. The Balaban J connectivity index is 1.54. The summed E-state index contributed by atoms with van der Waals surface area (Å²) in [5, 5.41) is 20.5. The molecule has 0 aliphatic heterocycles. The summed E-state index contributed by atoms with van der Waals surface area (Å²) in [6.45, 7) is 3.98. The SMILES string of the molecule is Cc1cc(CCc2cnc(COc3ccc([N+](=O)[O-])cc3)nc2)cc(C)c1O. The maximum absolute atomic E-state index is 10.6. The molecule has 0 fully saturated rings. The molecule has 144 valence electrons. The van der Waals surface area contributed by atoms with Crippen molar-refractivity contribution >= 4 is 5.69 Å². The van der Waals surface area contributed by atoms with Gasteiger partial charge in [0.05, 0.1) is 4.92 Å². The van der Waals surface area contributed by atoms with E-state index in [9.17, 15) is 15.2 Å². The molecule has 3 rings (SSSR count). The lowest BCUT2D eigenvalue weighted by atomic mass is 10.0. The Morgan fingerprint density at radius 3 is 2.14 bits per heavy atom. The van der Waals surface area contributed by atoms with Crippen molar-refractivity contribution in [3.8, 4) is 11.5 Å². The summed E-state index contributed by atoms with van der Waals surface area (Å²) >= 11 is 0. The fourth-order valence-corrected chi connectivity index (χ4v) is 2.88. The summed E-state index contributed by atoms with van der Waals surface area (Å²) in [5.74, 6) is 1.42. The van der Waals surface area contributed by atoms with Crippen LogP contribution in [-0.2, 0) is 19.4 Å². The molecule has 0 aliphatic carbocycles. The molecule has 7 heteroatoms. The second kappa shape index (κ2) is 8.47. The van der Waals surface area contributed by atoms with Crippen molar-refractivity contribution in [1.29, 1.82) is 0 Å². The van der Waals surface area contributed by atoms with Crippen LogP contribution in [0.25, 0.3) is 0 Å². The molecule has 1 aromatic heterocycles. The van der Waals surface area contributed by atoms with Crippen LogP contribution < -0.4 is 4.74 Å². The quantitative estimate of drug-likeness (QED) is 0.491. The number of phenolic OH excluding ortho intramolecular Hbond substituents is 1. The Hall–Kier alpha value is -3.48. The van der Waals surface area contributed by atoms with Crippen LogP contribution >= 0.6 is 0 Å². The van der Waals surface area contributed by atoms with Gasteiger partial charge in [0.25, 0.3) is 5.69 Å². The van der Waals surface area contributed by atoms with Gasteiger partial charge >= 0.3 is 0 Å². The zero-order valence-electron chi connectivity index (χ0n) is 15.8. The topological polar surface area (TPSA) is 98.4 Å². The maximum atomic E-state index is 10.6. The molecule has 1 heterocycles. The zero-order valence-corrected chi connectivity index (χ0v) is 15.8. The van der Waals surface area contributed by atoms with Gasteiger partial charge in [-0.3, -0.25) is 10.1 Å². The third kappa shape index (κ3) is 4.82. The number of rotatable bonds is 7. The van der Waals surface area contributed by atoms with E-state index >= 15 is 0 Å². The van der Waals surface area contributed by atoms with E-state index in [1.807, 2.05) is 26.0 Å². The van der Waals surface area contributed by atoms with Gasteiger partial charge in [-0.05, 0) is 61.1 Å². The van der Waals surface area contributed by atoms with Crippen LogP contribution in [0.1, 0.15) is 28.1 Å². The van der Waals surface area contributed by atoms with Gasteiger partial charge in [-0.15, -0.1) is 0 Å². The molecule has 0 bridgehead atoms. The van der Waals surface area contributed by atoms with Crippen LogP contribution in [0.2, 0.25) is 0 Å². The van der Waals surface area contributed by atoms with Crippen molar-refractivity contribution in [2.75, 3.05) is 0 Å². The van der Waals surface area contributed by atoms with Gasteiger partial charge in [-0.2, -0.15) is 0 Å². The van der Waals surface area contributed by atoms with Gasteiger partial charge in [0.1, 0.15) is 18.1 Å². The van der Waals surface area contributed by atoms with E-state index in [2.05, 4.69) is 9.97 Å². The van der Waals surface area contributed by atoms with Crippen molar-refractivity contribution in [2.24, 2.45) is 0 Å². The molecule has 0 unspecified atom stereocenters. The highest BCUT2D eigenvalue weighted by atomic mass is 16.6. The molecule has 0 atom stereocenters. The smallest absolute Gasteiger partial charge is 0.269 e. The van der Waals surface area contributed by atoms with E-state index in [0.717, 1.165) is 29.5 Å². The number of hydrogen-bond acceptors (Lipinski definition) is 6. The predicted octanol–water partition coefficient (Wildman–Crippen LogP) is 4.07. The zero-order chi connectivity index (χ0) is 20.1. The molecule has 0 amide bonds. The third-order valence-electron chi connectivity index (χ3n) is 4.43. The van der Waals surface area contributed by atoms with Crippen molar-refractivity contribution in [2.45, 2.75) is 33.3 Å². The fraction of sp³-hybridized carbons (Fsp3) is 0.238. The Bertz CT molecular complexity index is 947. The molecule has 0 saturated carbocycles. The number of phenols is 1. The Labute approximate surface area is 162 Å².